The Morgan fingerprint density at radius 2 is 1.61 bits per heavy atom. The molecule has 0 spiro atoms. The van der Waals surface area contributed by atoms with Gasteiger partial charge in [-0.15, -0.1) is 0 Å². The van der Waals surface area contributed by atoms with E-state index in [0.29, 0.717) is 19.8 Å². The van der Waals surface area contributed by atoms with E-state index in [-0.39, 0.29) is 6.61 Å². The Labute approximate surface area is 181 Å². The van der Waals surface area contributed by atoms with Crippen LogP contribution in [0.4, 0.5) is 0 Å². The van der Waals surface area contributed by atoms with Gasteiger partial charge in [-0.1, -0.05) is 48.5 Å². The van der Waals surface area contributed by atoms with Gasteiger partial charge >= 0.3 is 5.97 Å². The van der Waals surface area contributed by atoms with E-state index in [2.05, 4.69) is 4.74 Å². The van der Waals surface area contributed by atoms with Crippen LogP contribution in [0.1, 0.15) is 11.1 Å². The number of carbonyl (C=O) groups is 1. The average Bonchev–Trinajstić information content (AvgIpc) is 2.79. The molecule has 6 nitrogen and oxygen atoms in total. The lowest BCUT2D eigenvalue weighted by Gasteiger charge is -2.41. The Morgan fingerprint density at radius 3 is 2.29 bits per heavy atom. The standard InChI is InChI=1S/C25H24O6/c1-27-24(26)16-30-25(17-28-18-25)20-11-13-21(14-12-20)29-15-19-7-5-6-10-23(19)31-22-8-3-2-4-9-22/h2-14H,15-18H2,1H3. The maximum atomic E-state index is 11.4. The molecule has 31 heavy (non-hydrogen) atoms. The van der Waals surface area contributed by atoms with Gasteiger partial charge in [-0.25, -0.2) is 4.79 Å². The molecule has 3 aromatic carbocycles. The predicted molar refractivity (Wildman–Crippen MR) is 114 cm³/mol. The second kappa shape index (κ2) is 9.64. The number of esters is 1. The topological polar surface area (TPSA) is 63.2 Å². The highest BCUT2D eigenvalue weighted by molar-refractivity contribution is 5.70. The van der Waals surface area contributed by atoms with Crippen molar-refractivity contribution < 1.29 is 28.5 Å². The van der Waals surface area contributed by atoms with Gasteiger partial charge in [0.05, 0.1) is 20.3 Å². The molecule has 0 radical (unpaired) electrons. The molecule has 6 heteroatoms. The average molecular weight is 420 g/mol. The van der Waals surface area contributed by atoms with Crippen LogP contribution in [-0.4, -0.2) is 32.9 Å². The Bertz CT molecular complexity index is 996. The summed E-state index contributed by atoms with van der Waals surface area (Å²) in [5.74, 6) is 1.84. The smallest absolute Gasteiger partial charge is 0.331 e. The van der Waals surface area contributed by atoms with E-state index < -0.39 is 11.6 Å². The molecule has 1 aliphatic rings. The number of benzene rings is 3. The van der Waals surface area contributed by atoms with E-state index in [9.17, 15) is 4.79 Å². The molecular weight excluding hydrogens is 396 g/mol. The van der Waals surface area contributed by atoms with E-state index in [0.717, 1.165) is 28.4 Å². The van der Waals surface area contributed by atoms with Crippen molar-refractivity contribution in [2.45, 2.75) is 12.2 Å². The molecule has 1 heterocycles. The van der Waals surface area contributed by atoms with Crippen LogP contribution >= 0.6 is 0 Å². The van der Waals surface area contributed by atoms with Crippen molar-refractivity contribution in [3.05, 3.63) is 90.0 Å². The van der Waals surface area contributed by atoms with Gasteiger partial charge in [0.2, 0.25) is 0 Å². The first-order chi connectivity index (χ1) is 15.2. The van der Waals surface area contributed by atoms with Crippen molar-refractivity contribution in [3.8, 4) is 17.2 Å². The van der Waals surface area contributed by atoms with Crippen LogP contribution in [-0.2, 0) is 31.2 Å². The van der Waals surface area contributed by atoms with E-state index in [1.165, 1.54) is 7.11 Å². The van der Waals surface area contributed by atoms with Crippen molar-refractivity contribution in [2.24, 2.45) is 0 Å². The summed E-state index contributed by atoms with van der Waals surface area (Å²) in [5.41, 5.74) is 1.26. The molecule has 0 bridgehead atoms. The zero-order valence-corrected chi connectivity index (χ0v) is 17.3. The van der Waals surface area contributed by atoms with Crippen molar-refractivity contribution in [2.75, 3.05) is 26.9 Å². The van der Waals surface area contributed by atoms with Gasteiger partial charge < -0.3 is 23.7 Å². The maximum Gasteiger partial charge on any atom is 0.331 e. The third kappa shape index (κ3) is 5.05. The fraction of sp³-hybridized carbons (Fsp3) is 0.240. The summed E-state index contributed by atoms with van der Waals surface area (Å²) < 4.78 is 27.7. The Kier molecular flexibility index (Phi) is 6.50. The number of rotatable bonds is 9. The third-order valence-electron chi connectivity index (χ3n) is 5.08. The molecule has 0 amide bonds. The summed E-state index contributed by atoms with van der Waals surface area (Å²) in [6, 6.07) is 25.1. The summed E-state index contributed by atoms with van der Waals surface area (Å²) in [6.07, 6.45) is 0. The quantitative estimate of drug-likeness (QED) is 0.476. The number of ether oxygens (including phenoxy) is 5. The number of methoxy groups -OCH3 is 1. The molecule has 0 unspecified atom stereocenters. The Hall–Kier alpha value is -3.35. The van der Waals surface area contributed by atoms with Crippen molar-refractivity contribution in [1.29, 1.82) is 0 Å². The van der Waals surface area contributed by atoms with Gasteiger partial charge in [0.25, 0.3) is 0 Å². The molecule has 1 fully saturated rings. The zero-order chi connectivity index (χ0) is 21.5. The number of hydrogen-bond acceptors (Lipinski definition) is 6. The van der Waals surface area contributed by atoms with Gasteiger partial charge in [-0.05, 0) is 35.9 Å². The predicted octanol–water partition coefficient (Wildman–Crippen LogP) is 4.47. The fourth-order valence-electron chi connectivity index (χ4n) is 3.23. The summed E-state index contributed by atoms with van der Waals surface area (Å²) in [6.45, 7) is 1.05. The fourth-order valence-corrected chi connectivity index (χ4v) is 3.23. The summed E-state index contributed by atoms with van der Waals surface area (Å²) in [4.78, 5) is 11.4. The molecule has 160 valence electrons. The lowest BCUT2D eigenvalue weighted by Crippen LogP contribution is -2.49. The molecular formula is C25H24O6. The number of hydrogen-bond donors (Lipinski definition) is 0. The zero-order valence-electron chi connectivity index (χ0n) is 17.3. The van der Waals surface area contributed by atoms with Crippen LogP contribution in [0.2, 0.25) is 0 Å². The molecule has 3 aromatic rings. The van der Waals surface area contributed by atoms with E-state index in [4.69, 9.17) is 18.9 Å². The van der Waals surface area contributed by atoms with Gasteiger partial charge in [0.15, 0.2) is 0 Å². The lowest BCUT2D eigenvalue weighted by molar-refractivity contribution is -0.220. The van der Waals surface area contributed by atoms with Crippen LogP contribution in [0.5, 0.6) is 17.2 Å². The van der Waals surface area contributed by atoms with Crippen LogP contribution in [0, 0.1) is 0 Å². The minimum absolute atomic E-state index is 0.115. The highest BCUT2D eigenvalue weighted by Gasteiger charge is 2.42. The lowest BCUT2D eigenvalue weighted by atomic mass is 9.91. The number of carbonyl (C=O) groups excluding carboxylic acids is 1. The molecule has 1 saturated heterocycles. The monoisotopic (exact) mass is 420 g/mol. The van der Waals surface area contributed by atoms with E-state index >= 15 is 0 Å². The normalized spacial score (nSPS) is 14.4. The van der Waals surface area contributed by atoms with Crippen LogP contribution in [0.25, 0.3) is 0 Å². The third-order valence-corrected chi connectivity index (χ3v) is 5.08. The molecule has 0 aliphatic carbocycles. The highest BCUT2D eigenvalue weighted by Crippen LogP contribution is 2.35. The van der Waals surface area contributed by atoms with Crippen molar-refractivity contribution >= 4 is 5.97 Å². The summed E-state index contributed by atoms with van der Waals surface area (Å²) >= 11 is 0. The maximum absolute atomic E-state index is 11.4. The van der Waals surface area contributed by atoms with Gasteiger partial charge in [0, 0.05) is 5.56 Å². The largest absolute Gasteiger partial charge is 0.489 e. The summed E-state index contributed by atoms with van der Waals surface area (Å²) in [7, 11) is 1.34. The molecule has 0 N–H and O–H groups in total. The van der Waals surface area contributed by atoms with Crippen molar-refractivity contribution in [3.63, 3.8) is 0 Å². The first-order valence-corrected chi connectivity index (χ1v) is 10.0. The highest BCUT2D eigenvalue weighted by atomic mass is 16.6. The second-order valence-electron chi connectivity index (χ2n) is 7.19. The molecule has 0 aromatic heterocycles. The minimum atomic E-state index is -0.622. The van der Waals surface area contributed by atoms with Gasteiger partial charge in [0.1, 0.15) is 36.1 Å². The van der Waals surface area contributed by atoms with Crippen LogP contribution < -0.4 is 9.47 Å². The minimum Gasteiger partial charge on any atom is -0.489 e. The van der Waals surface area contributed by atoms with Gasteiger partial charge in [-0.3, -0.25) is 0 Å². The van der Waals surface area contributed by atoms with Gasteiger partial charge in [-0.2, -0.15) is 0 Å². The first kappa shape index (κ1) is 20.9. The molecule has 0 saturated carbocycles. The molecule has 0 atom stereocenters. The molecule has 4 rings (SSSR count). The SMILES string of the molecule is COC(=O)COC1(c2ccc(OCc3ccccc3Oc3ccccc3)cc2)COC1. The number of para-hydroxylation sites is 2. The first-order valence-electron chi connectivity index (χ1n) is 10.0. The van der Waals surface area contributed by atoms with Crippen LogP contribution in [0.15, 0.2) is 78.9 Å². The second-order valence-corrected chi connectivity index (χ2v) is 7.19. The molecule has 1 aliphatic heterocycles. The van der Waals surface area contributed by atoms with Crippen LogP contribution in [0.3, 0.4) is 0 Å². The van der Waals surface area contributed by atoms with E-state index in [1.807, 2.05) is 78.9 Å². The Morgan fingerprint density at radius 1 is 0.903 bits per heavy atom. The Balaban J connectivity index is 1.40. The van der Waals surface area contributed by atoms with E-state index in [1.54, 1.807) is 0 Å². The summed E-state index contributed by atoms with van der Waals surface area (Å²) in [5, 5.41) is 0. The van der Waals surface area contributed by atoms with Crippen molar-refractivity contribution in [1.82, 2.24) is 0 Å².